The van der Waals surface area contributed by atoms with Crippen molar-refractivity contribution in [1.29, 1.82) is 0 Å². The lowest BCUT2D eigenvalue weighted by atomic mass is 9.59. The number of thiol groups is 1. The molecule has 6 aliphatic rings. The van der Waals surface area contributed by atoms with Crippen molar-refractivity contribution in [1.82, 2.24) is 0 Å². The summed E-state index contributed by atoms with van der Waals surface area (Å²) >= 11 is 4.90. The minimum absolute atomic E-state index is 0.000341. The van der Waals surface area contributed by atoms with Crippen molar-refractivity contribution in [2.75, 3.05) is 6.61 Å². The Bertz CT molecular complexity index is 1150. The van der Waals surface area contributed by atoms with Crippen LogP contribution in [0.3, 0.4) is 0 Å². The Balaban J connectivity index is 1.07. The minimum Gasteiger partial charge on any atom is -0.462 e. The van der Waals surface area contributed by atoms with Crippen molar-refractivity contribution in [3.05, 3.63) is 0 Å². The second-order valence-electron chi connectivity index (χ2n) is 18.5. The van der Waals surface area contributed by atoms with Gasteiger partial charge in [0, 0.05) is 28.9 Å². The quantitative estimate of drug-likeness (QED) is 0.160. The molecule has 0 radical (unpaired) electrons. The number of rotatable bonds is 9. The Kier molecular flexibility index (Phi) is 8.54. The number of fused-ring (bicyclic) bond motifs is 11. The normalized spacial score (nSPS) is 45.7. The standard InChI is InChI=1S/C38H60O5S/c1-19-12-22-13-28(33(19)40)34(21(3)20(22)2)42-11-10-29(39)25-14-23-15-26(25)32-27-16-24(31(23)32)17-30(27)43-35(41)38(9,37(7,8)44)18-36(4,5)6/h19-28,30-32,34,44H,10-18H2,1-9H3. The zero-order chi connectivity index (χ0) is 32.1. The molecule has 0 aromatic carbocycles. The highest BCUT2D eigenvalue weighted by molar-refractivity contribution is 7.81. The van der Waals surface area contributed by atoms with Crippen LogP contribution in [0.15, 0.2) is 0 Å². The van der Waals surface area contributed by atoms with Crippen molar-refractivity contribution >= 4 is 30.2 Å². The summed E-state index contributed by atoms with van der Waals surface area (Å²) in [5.41, 5.74) is -0.701. The first-order valence-electron chi connectivity index (χ1n) is 18.0. The molecule has 0 heterocycles. The largest absolute Gasteiger partial charge is 0.462 e. The highest BCUT2D eigenvalue weighted by Crippen LogP contribution is 2.69. The van der Waals surface area contributed by atoms with Crippen LogP contribution in [0.5, 0.6) is 0 Å². The molecule has 248 valence electrons. The van der Waals surface area contributed by atoms with Gasteiger partial charge in [-0.25, -0.2) is 0 Å². The monoisotopic (exact) mass is 628 g/mol. The van der Waals surface area contributed by atoms with Crippen LogP contribution in [0, 0.1) is 81.8 Å². The maximum absolute atomic E-state index is 13.9. The van der Waals surface area contributed by atoms with E-state index in [0.29, 0.717) is 77.9 Å². The van der Waals surface area contributed by atoms with Crippen molar-refractivity contribution in [2.24, 2.45) is 81.8 Å². The first-order valence-corrected chi connectivity index (χ1v) is 18.5. The molecule has 15 unspecified atom stereocenters. The van der Waals surface area contributed by atoms with Crippen LogP contribution in [0.2, 0.25) is 0 Å². The molecule has 0 amide bonds. The van der Waals surface area contributed by atoms with E-state index >= 15 is 0 Å². The molecule has 0 spiro atoms. The van der Waals surface area contributed by atoms with Gasteiger partial charge in [-0.2, -0.15) is 12.6 Å². The van der Waals surface area contributed by atoms with Crippen LogP contribution in [-0.4, -0.2) is 41.1 Å². The van der Waals surface area contributed by atoms with Gasteiger partial charge in [0.25, 0.3) is 0 Å². The van der Waals surface area contributed by atoms with E-state index in [1.165, 1.54) is 6.42 Å². The second-order valence-corrected chi connectivity index (χ2v) is 19.7. The summed E-state index contributed by atoms with van der Waals surface area (Å²) < 4.78 is 12.4. The predicted octanol–water partition coefficient (Wildman–Crippen LogP) is 7.84. The Morgan fingerprint density at radius 1 is 0.818 bits per heavy atom. The molecular formula is C38H60O5S. The van der Waals surface area contributed by atoms with Crippen LogP contribution in [0.1, 0.15) is 114 Å². The average Bonchev–Trinajstić information content (AvgIpc) is 3.69. The van der Waals surface area contributed by atoms with Crippen LogP contribution in [-0.2, 0) is 23.9 Å². The van der Waals surface area contributed by atoms with E-state index in [1.807, 2.05) is 20.8 Å². The van der Waals surface area contributed by atoms with Crippen LogP contribution in [0.25, 0.3) is 0 Å². The Morgan fingerprint density at radius 2 is 1.48 bits per heavy atom. The number of ketones is 2. The van der Waals surface area contributed by atoms with E-state index in [0.717, 1.165) is 38.5 Å². The van der Waals surface area contributed by atoms with E-state index in [-0.39, 0.29) is 41.3 Å². The zero-order valence-electron chi connectivity index (χ0n) is 28.9. The fraction of sp³-hybridized carbons (Fsp3) is 0.921. The summed E-state index contributed by atoms with van der Waals surface area (Å²) in [4.78, 5) is 40.7. The molecule has 6 heteroatoms. The minimum atomic E-state index is -0.683. The third kappa shape index (κ3) is 5.46. The maximum atomic E-state index is 13.9. The lowest BCUT2D eigenvalue weighted by Gasteiger charge is -2.48. The van der Waals surface area contributed by atoms with Crippen molar-refractivity contribution < 1.29 is 23.9 Å². The third-order valence-electron chi connectivity index (χ3n) is 14.3. The van der Waals surface area contributed by atoms with Gasteiger partial charge in [-0.3, -0.25) is 14.4 Å². The van der Waals surface area contributed by atoms with E-state index in [1.54, 1.807) is 0 Å². The van der Waals surface area contributed by atoms with Gasteiger partial charge >= 0.3 is 5.97 Å². The second kappa shape index (κ2) is 11.4. The molecule has 0 aliphatic heterocycles. The van der Waals surface area contributed by atoms with E-state index < -0.39 is 10.2 Å². The van der Waals surface area contributed by atoms with Gasteiger partial charge in [-0.15, -0.1) is 0 Å². The number of esters is 1. The van der Waals surface area contributed by atoms with Gasteiger partial charge < -0.3 is 9.47 Å². The predicted molar refractivity (Wildman–Crippen MR) is 176 cm³/mol. The smallest absolute Gasteiger partial charge is 0.313 e. The van der Waals surface area contributed by atoms with Crippen molar-refractivity contribution in [3.8, 4) is 0 Å². The first kappa shape index (κ1) is 33.0. The fourth-order valence-corrected chi connectivity index (χ4v) is 12.1. The van der Waals surface area contributed by atoms with Crippen molar-refractivity contribution in [2.45, 2.75) is 131 Å². The maximum Gasteiger partial charge on any atom is 0.313 e. The van der Waals surface area contributed by atoms with Crippen molar-refractivity contribution in [3.63, 3.8) is 0 Å². The summed E-state index contributed by atoms with van der Waals surface area (Å²) in [5.74, 6) is 5.70. The summed E-state index contributed by atoms with van der Waals surface area (Å²) in [6, 6.07) is 0. The van der Waals surface area contributed by atoms with Gasteiger partial charge in [-0.05, 0) is 124 Å². The average molecular weight is 629 g/mol. The zero-order valence-corrected chi connectivity index (χ0v) is 29.8. The highest BCUT2D eigenvalue weighted by atomic mass is 32.1. The van der Waals surface area contributed by atoms with Crippen LogP contribution in [0.4, 0.5) is 0 Å². The van der Waals surface area contributed by atoms with E-state index in [2.05, 4.69) is 41.5 Å². The number of hydrogen-bond donors (Lipinski definition) is 1. The van der Waals surface area contributed by atoms with Crippen LogP contribution >= 0.6 is 12.6 Å². The molecular weight excluding hydrogens is 568 g/mol. The van der Waals surface area contributed by atoms with E-state index in [4.69, 9.17) is 22.1 Å². The van der Waals surface area contributed by atoms with Gasteiger partial charge in [0.15, 0.2) is 0 Å². The molecule has 6 rings (SSSR count). The Morgan fingerprint density at radius 3 is 2.14 bits per heavy atom. The molecule has 44 heavy (non-hydrogen) atoms. The fourth-order valence-electron chi connectivity index (χ4n) is 12.0. The summed E-state index contributed by atoms with van der Waals surface area (Å²) in [6.07, 6.45) is 7.40. The van der Waals surface area contributed by atoms with Gasteiger partial charge in [0.1, 0.15) is 17.7 Å². The summed E-state index contributed by atoms with van der Waals surface area (Å²) in [7, 11) is 0. The Hall–Kier alpha value is -0.880. The number of ether oxygens (including phenoxy) is 2. The van der Waals surface area contributed by atoms with E-state index in [9.17, 15) is 14.4 Å². The highest BCUT2D eigenvalue weighted by Gasteiger charge is 2.66. The molecule has 6 fully saturated rings. The molecule has 5 nitrogen and oxygen atoms in total. The molecule has 6 bridgehead atoms. The molecule has 0 aromatic heterocycles. The SMILES string of the molecule is CC1CC2CC(C1=O)C(OCCC(=O)C1CC3CC1C1C4CC(CC4OC(=O)C(C)(CC(C)(C)C)C(C)(C)S)C31)C(C)C2C. The summed E-state index contributed by atoms with van der Waals surface area (Å²) in [5, 5.41) is 0. The van der Waals surface area contributed by atoms with Crippen LogP contribution < -0.4 is 0 Å². The van der Waals surface area contributed by atoms with Gasteiger partial charge in [0.05, 0.1) is 18.1 Å². The topological polar surface area (TPSA) is 69.7 Å². The first-order chi connectivity index (χ1) is 20.4. The lowest BCUT2D eigenvalue weighted by molar-refractivity contribution is -0.170. The molecule has 15 atom stereocenters. The number of carbonyl (C=O) groups is 3. The number of Topliss-reactive ketones (excluding diaryl/α,β-unsaturated/α-hetero) is 2. The number of hydrogen-bond acceptors (Lipinski definition) is 6. The summed E-state index contributed by atoms with van der Waals surface area (Å²) in [6.45, 7) is 19.7. The molecule has 0 aromatic rings. The van der Waals surface area contributed by atoms with Gasteiger partial charge in [0.2, 0.25) is 0 Å². The molecule has 6 saturated carbocycles. The molecule has 0 saturated heterocycles. The lowest BCUT2D eigenvalue weighted by Crippen LogP contribution is -2.51. The molecule has 6 aliphatic carbocycles. The molecule has 0 N–H and O–H groups in total. The van der Waals surface area contributed by atoms with Gasteiger partial charge in [-0.1, -0.05) is 41.5 Å². The Labute approximate surface area is 272 Å². The number of carbonyl (C=O) groups excluding carboxylic acids is 3. The third-order valence-corrected chi connectivity index (χ3v) is 14.8.